The molecule has 1 aromatic heterocycles. The highest BCUT2D eigenvalue weighted by Crippen LogP contribution is 2.30. The molecule has 16 heavy (non-hydrogen) atoms. The monoisotopic (exact) mass is 346 g/mol. The molecule has 0 radical (unpaired) electrons. The van der Waals surface area contributed by atoms with Crippen molar-refractivity contribution in [3.8, 4) is 11.3 Å². The van der Waals surface area contributed by atoms with Gasteiger partial charge in [0.25, 0.3) is 0 Å². The summed E-state index contributed by atoms with van der Waals surface area (Å²) in [4.78, 5) is 11.1. The molecule has 0 spiro atoms. The van der Waals surface area contributed by atoms with Gasteiger partial charge >= 0.3 is 0 Å². The second kappa shape index (κ2) is 4.59. The molecule has 0 aliphatic rings. The molecule has 2 rings (SSSR count). The van der Waals surface area contributed by atoms with Crippen LogP contribution in [-0.2, 0) is 0 Å². The Labute approximate surface area is 112 Å². The molecular formula is C12H8ClIO2. The molecule has 0 bridgehead atoms. The van der Waals surface area contributed by atoms with E-state index < -0.39 is 0 Å². The van der Waals surface area contributed by atoms with Crippen LogP contribution in [0.1, 0.15) is 17.5 Å². The molecule has 1 aromatic carbocycles. The molecule has 0 aliphatic carbocycles. The zero-order chi connectivity index (χ0) is 11.7. The van der Waals surface area contributed by atoms with Crippen LogP contribution in [0.15, 0.2) is 34.7 Å². The van der Waals surface area contributed by atoms with Gasteiger partial charge in [-0.15, -0.1) is 0 Å². The van der Waals surface area contributed by atoms with Gasteiger partial charge in [-0.05, 0) is 52.9 Å². The van der Waals surface area contributed by atoms with E-state index in [0.29, 0.717) is 16.5 Å². The minimum atomic E-state index is -0.0899. The number of ketones is 1. The molecule has 82 valence electrons. The summed E-state index contributed by atoms with van der Waals surface area (Å²) in [6.07, 6.45) is 0. The molecule has 2 nitrogen and oxygen atoms in total. The SMILES string of the molecule is CC(=O)c1ccc(-c2ccc(I)cc2Cl)o1. The number of halogens is 2. The fraction of sp³-hybridized carbons (Fsp3) is 0.0833. The van der Waals surface area contributed by atoms with Gasteiger partial charge in [-0.2, -0.15) is 0 Å². The van der Waals surface area contributed by atoms with Crippen LogP contribution in [0.3, 0.4) is 0 Å². The van der Waals surface area contributed by atoms with E-state index in [1.54, 1.807) is 12.1 Å². The van der Waals surface area contributed by atoms with Crippen molar-refractivity contribution >= 4 is 40.0 Å². The summed E-state index contributed by atoms with van der Waals surface area (Å²) >= 11 is 8.29. The second-order valence-electron chi connectivity index (χ2n) is 3.34. The number of hydrogen-bond donors (Lipinski definition) is 0. The molecule has 0 saturated carbocycles. The van der Waals surface area contributed by atoms with Gasteiger partial charge in [0.2, 0.25) is 0 Å². The van der Waals surface area contributed by atoms with Crippen LogP contribution in [0.4, 0.5) is 0 Å². The Hall–Kier alpha value is -0.810. The zero-order valence-corrected chi connectivity index (χ0v) is 11.4. The molecule has 4 heteroatoms. The Morgan fingerprint density at radius 3 is 2.62 bits per heavy atom. The molecule has 0 unspecified atom stereocenters. The van der Waals surface area contributed by atoms with Gasteiger partial charge in [-0.3, -0.25) is 4.79 Å². The molecule has 0 aliphatic heterocycles. The van der Waals surface area contributed by atoms with Crippen LogP contribution in [-0.4, -0.2) is 5.78 Å². The van der Waals surface area contributed by atoms with Crippen LogP contribution >= 0.6 is 34.2 Å². The number of rotatable bonds is 2. The first-order chi connectivity index (χ1) is 7.58. The van der Waals surface area contributed by atoms with Crippen LogP contribution in [0.25, 0.3) is 11.3 Å². The molecular weight excluding hydrogens is 338 g/mol. The van der Waals surface area contributed by atoms with Crippen molar-refractivity contribution < 1.29 is 9.21 Å². The summed E-state index contributed by atoms with van der Waals surface area (Å²) < 4.78 is 6.48. The van der Waals surface area contributed by atoms with Gasteiger partial charge in [0.15, 0.2) is 11.5 Å². The summed E-state index contributed by atoms with van der Waals surface area (Å²) in [5.41, 5.74) is 0.801. The van der Waals surface area contributed by atoms with Crippen LogP contribution in [0.5, 0.6) is 0 Å². The predicted octanol–water partition coefficient (Wildman–Crippen LogP) is 4.41. The molecule has 1 heterocycles. The number of furan rings is 1. The van der Waals surface area contributed by atoms with Gasteiger partial charge in [-0.25, -0.2) is 0 Å². The van der Waals surface area contributed by atoms with Crippen molar-refractivity contribution in [2.24, 2.45) is 0 Å². The summed E-state index contributed by atoms with van der Waals surface area (Å²) in [6, 6.07) is 9.09. The first-order valence-electron chi connectivity index (χ1n) is 4.64. The first-order valence-corrected chi connectivity index (χ1v) is 6.10. The van der Waals surface area contributed by atoms with Crippen molar-refractivity contribution in [3.05, 3.63) is 44.7 Å². The average molecular weight is 347 g/mol. The molecule has 2 aromatic rings. The van der Waals surface area contributed by atoms with Gasteiger partial charge < -0.3 is 4.42 Å². The Kier molecular flexibility index (Phi) is 3.35. The third kappa shape index (κ3) is 2.30. The second-order valence-corrected chi connectivity index (χ2v) is 5.00. The Morgan fingerprint density at radius 1 is 1.31 bits per heavy atom. The molecule has 0 atom stereocenters. The van der Waals surface area contributed by atoms with Crippen LogP contribution in [0, 0.1) is 3.57 Å². The molecule has 0 fully saturated rings. The summed E-state index contributed by atoms with van der Waals surface area (Å²) in [6.45, 7) is 1.47. The van der Waals surface area contributed by atoms with Gasteiger partial charge in [0.1, 0.15) is 5.76 Å². The smallest absolute Gasteiger partial charge is 0.194 e. The van der Waals surface area contributed by atoms with Crippen molar-refractivity contribution in [2.75, 3.05) is 0 Å². The van der Waals surface area contributed by atoms with Crippen molar-refractivity contribution in [2.45, 2.75) is 6.92 Å². The zero-order valence-electron chi connectivity index (χ0n) is 8.46. The lowest BCUT2D eigenvalue weighted by Gasteiger charge is -2.00. The fourth-order valence-electron chi connectivity index (χ4n) is 1.36. The number of hydrogen-bond acceptors (Lipinski definition) is 2. The Morgan fingerprint density at radius 2 is 2.06 bits per heavy atom. The number of benzene rings is 1. The highest BCUT2D eigenvalue weighted by atomic mass is 127. The maximum atomic E-state index is 11.1. The van der Waals surface area contributed by atoms with Gasteiger partial charge in [0.05, 0.1) is 5.02 Å². The topological polar surface area (TPSA) is 30.2 Å². The van der Waals surface area contributed by atoms with Gasteiger partial charge in [0, 0.05) is 16.1 Å². The summed E-state index contributed by atoms with van der Waals surface area (Å²) in [5, 5.41) is 0.622. The van der Waals surface area contributed by atoms with E-state index in [0.717, 1.165) is 9.13 Å². The standard InChI is InChI=1S/C12H8ClIO2/c1-7(15)11-4-5-12(16-11)9-3-2-8(14)6-10(9)13/h2-6H,1H3. The average Bonchev–Trinajstić information content (AvgIpc) is 2.66. The fourth-order valence-corrected chi connectivity index (χ4v) is 2.31. The van der Waals surface area contributed by atoms with Crippen LogP contribution < -0.4 is 0 Å². The maximum absolute atomic E-state index is 11.1. The molecule has 0 amide bonds. The number of carbonyl (C=O) groups is 1. The third-order valence-corrected chi connectivity index (χ3v) is 3.13. The predicted molar refractivity (Wildman–Crippen MR) is 71.9 cm³/mol. The van der Waals surface area contributed by atoms with Crippen molar-refractivity contribution in [3.63, 3.8) is 0 Å². The quantitative estimate of drug-likeness (QED) is 0.596. The summed E-state index contributed by atoms with van der Waals surface area (Å²) in [5.74, 6) is 0.879. The highest BCUT2D eigenvalue weighted by Gasteiger charge is 2.10. The van der Waals surface area contributed by atoms with E-state index >= 15 is 0 Å². The van der Waals surface area contributed by atoms with Crippen molar-refractivity contribution in [1.29, 1.82) is 0 Å². The first kappa shape index (κ1) is 11.7. The molecule has 0 saturated heterocycles. The Balaban J connectivity index is 2.46. The van der Waals surface area contributed by atoms with E-state index in [1.165, 1.54) is 6.92 Å². The van der Waals surface area contributed by atoms with E-state index in [2.05, 4.69) is 22.6 Å². The normalized spacial score (nSPS) is 10.4. The van der Waals surface area contributed by atoms with E-state index in [1.807, 2.05) is 18.2 Å². The largest absolute Gasteiger partial charge is 0.453 e. The Bertz CT molecular complexity index is 546. The minimum absolute atomic E-state index is 0.0899. The lowest BCUT2D eigenvalue weighted by molar-refractivity contribution is 0.0988. The van der Waals surface area contributed by atoms with Gasteiger partial charge in [-0.1, -0.05) is 11.6 Å². The molecule has 0 N–H and O–H groups in total. The van der Waals surface area contributed by atoms with E-state index in [-0.39, 0.29) is 5.78 Å². The third-order valence-electron chi connectivity index (χ3n) is 2.15. The van der Waals surface area contributed by atoms with Crippen molar-refractivity contribution in [1.82, 2.24) is 0 Å². The van der Waals surface area contributed by atoms with Crippen LogP contribution in [0.2, 0.25) is 5.02 Å². The van der Waals surface area contributed by atoms with E-state index in [4.69, 9.17) is 16.0 Å². The summed E-state index contributed by atoms with van der Waals surface area (Å²) in [7, 11) is 0. The number of carbonyl (C=O) groups excluding carboxylic acids is 1. The highest BCUT2D eigenvalue weighted by molar-refractivity contribution is 14.1. The lowest BCUT2D eigenvalue weighted by atomic mass is 10.2. The maximum Gasteiger partial charge on any atom is 0.194 e. The minimum Gasteiger partial charge on any atom is -0.453 e. The van der Waals surface area contributed by atoms with E-state index in [9.17, 15) is 4.79 Å². The lowest BCUT2D eigenvalue weighted by Crippen LogP contribution is -1.86. The number of Topliss-reactive ketones (excluding diaryl/α,β-unsaturated/α-hetero) is 1.